The Bertz CT molecular complexity index is 1040. The predicted molar refractivity (Wildman–Crippen MR) is 104 cm³/mol. The third-order valence-corrected chi connectivity index (χ3v) is 4.36. The number of aliphatic hydroxyl groups excluding tert-OH is 1. The highest BCUT2D eigenvalue weighted by molar-refractivity contribution is 6.30. The Morgan fingerprint density at radius 3 is 2.63 bits per heavy atom. The van der Waals surface area contributed by atoms with E-state index in [1.165, 1.54) is 4.80 Å². The van der Waals surface area contributed by atoms with E-state index in [9.17, 15) is 5.11 Å². The lowest BCUT2D eigenvalue weighted by atomic mass is 10.1. The van der Waals surface area contributed by atoms with Gasteiger partial charge in [-0.15, -0.1) is 10.2 Å². The SMILES string of the molecule is OC(COc1cccc2ccccc12)Cn1nnc(-c2ccc(Cl)cc2)n1. The summed E-state index contributed by atoms with van der Waals surface area (Å²) in [6, 6.07) is 21.0. The van der Waals surface area contributed by atoms with Crippen LogP contribution in [-0.2, 0) is 6.54 Å². The number of benzene rings is 3. The van der Waals surface area contributed by atoms with E-state index in [4.69, 9.17) is 16.3 Å². The molecule has 6 nitrogen and oxygen atoms in total. The molecule has 0 saturated carbocycles. The maximum Gasteiger partial charge on any atom is 0.204 e. The van der Waals surface area contributed by atoms with Crippen molar-refractivity contribution in [1.82, 2.24) is 20.2 Å². The first-order valence-corrected chi connectivity index (χ1v) is 8.89. The molecule has 1 N–H and O–H groups in total. The molecule has 0 aliphatic heterocycles. The van der Waals surface area contributed by atoms with Crippen LogP contribution in [0.25, 0.3) is 22.2 Å². The smallest absolute Gasteiger partial charge is 0.204 e. The third kappa shape index (κ3) is 4.07. The lowest BCUT2D eigenvalue weighted by Gasteiger charge is -2.13. The zero-order valence-electron chi connectivity index (χ0n) is 14.4. The Morgan fingerprint density at radius 2 is 1.78 bits per heavy atom. The first kappa shape index (κ1) is 17.5. The minimum Gasteiger partial charge on any atom is -0.490 e. The molecule has 1 unspecified atom stereocenters. The molecule has 136 valence electrons. The molecule has 0 radical (unpaired) electrons. The molecule has 0 spiro atoms. The van der Waals surface area contributed by atoms with Gasteiger partial charge >= 0.3 is 0 Å². The number of halogens is 1. The largest absolute Gasteiger partial charge is 0.490 e. The molecule has 0 aliphatic rings. The molecule has 27 heavy (non-hydrogen) atoms. The maximum absolute atomic E-state index is 10.3. The van der Waals surface area contributed by atoms with Crippen LogP contribution >= 0.6 is 11.6 Å². The molecule has 0 amide bonds. The van der Waals surface area contributed by atoms with E-state index >= 15 is 0 Å². The topological polar surface area (TPSA) is 73.1 Å². The van der Waals surface area contributed by atoms with Gasteiger partial charge in [0.15, 0.2) is 0 Å². The van der Waals surface area contributed by atoms with Crippen LogP contribution in [0.3, 0.4) is 0 Å². The maximum atomic E-state index is 10.3. The van der Waals surface area contributed by atoms with Gasteiger partial charge < -0.3 is 9.84 Å². The molecular formula is C20H17ClN4O2. The minimum absolute atomic E-state index is 0.131. The summed E-state index contributed by atoms with van der Waals surface area (Å²) in [5.41, 5.74) is 0.812. The van der Waals surface area contributed by atoms with E-state index in [-0.39, 0.29) is 13.2 Å². The van der Waals surface area contributed by atoms with E-state index in [1.54, 1.807) is 12.1 Å². The summed E-state index contributed by atoms with van der Waals surface area (Å²) in [6.45, 7) is 0.317. The van der Waals surface area contributed by atoms with Gasteiger partial charge in [-0.05, 0) is 40.9 Å². The number of rotatable bonds is 6. The Morgan fingerprint density at radius 1 is 1.00 bits per heavy atom. The number of nitrogens with zero attached hydrogens (tertiary/aromatic N) is 4. The number of hydrogen-bond donors (Lipinski definition) is 1. The van der Waals surface area contributed by atoms with Crippen LogP contribution in [0, 0.1) is 0 Å². The molecule has 1 heterocycles. The lowest BCUT2D eigenvalue weighted by molar-refractivity contribution is 0.0857. The highest BCUT2D eigenvalue weighted by Gasteiger charge is 2.12. The van der Waals surface area contributed by atoms with Crippen molar-refractivity contribution in [2.24, 2.45) is 0 Å². The molecule has 0 fully saturated rings. The standard InChI is InChI=1S/C20H17ClN4O2/c21-16-10-8-15(9-11-16)20-22-24-25(23-20)12-17(26)13-27-19-7-3-5-14-4-1-2-6-18(14)19/h1-11,17,26H,12-13H2. The number of aromatic nitrogens is 4. The number of tetrazole rings is 1. The zero-order chi connectivity index (χ0) is 18.6. The monoisotopic (exact) mass is 380 g/mol. The molecule has 0 aliphatic carbocycles. The molecule has 7 heteroatoms. The van der Waals surface area contributed by atoms with Gasteiger partial charge in [0.2, 0.25) is 5.82 Å². The van der Waals surface area contributed by atoms with Crippen molar-refractivity contribution in [1.29, 1.82) is 0 Å². The van der Waals surface area contributed by atoms with Crippen molar-refractivity contribution in [3.05, 3.63) is 71.8 Å². The van der Waals surface area contributed by atoms with Crippen molar-refractivity contribution < 1.29 is 9.84 Å². The minimum atomic E-state index is -0.767. The van der Waals surface area contributed by atoms with Gasteiger partial charge in [0.05, 0.1) is 6.54 Å². The second-order valence-electron chi connectivity index (χ2n) is 6.12. The lowest BCUT2D eigenvalue weighted by Crippen LogP contribution is -2.25. The summed E-state index contributed by atoms with van der Waals surface area (Å²) in [6.07, 6.45) is -0.767. The van der Waals surface area contributed by atoms with Crippen molar-refractivity contribution >= 4 is 22.4 Å². The average molecular weight is 381 g/mol. The number of aliphatic hydroxyl groups is 1. The van der Waals surface area contributed by atoms with Gasteiger partial charge in [-0.3, -0.25) is 0 Å². The van der Waals surface area contributed by atoms with E-state index in [0.717, 1.165) is 22.1 Å². The molecule has 0 saturated heterocycles. The van der Waals surface area contributed by atoms with Gasteiger partial charge in [-0.1, -0.05) is 48.0 Å². The predicted octanol–water partition coefficient (Wildman–Crippen LogP) is 3.59. The number of ether oxygens (including phenoxy) is 1. The fraction of sp³-hybridized carbons (Fsp3) is 0.150. The second kappa shape index (κ2) is 7.73. The summed E-state index contributed by atoms with van der Waals surface area (Å²) in [7, 11) is 0. The van der Waals surface area contributed by atoms with Crippen LogP contribution in [0.5, 0.6) is 5.75 Å². The van der Waals surface area contributed by atoms with Crippen molar-refractivity contribution in [2.75, 3.05) is 6.61 Å². The summed E-state index contributed by atoms with van der Waals surface area (Å²) in [5, 5.41) is 25.3. The van der Waals surface area contributed by atoms with Crippen LogP contribution in [0.15, 0.2) is 66.7 Å². The van der Waals surface area contributed by atoms with Gasteiger partial charge in [0, 0.05) is 16.0 Å². The molecule has 4 rings (SSSR count). The van der Waals surface area contributed by atoms with Gasteiger partial charge in [0.25, 0.3) is 0 Å². The fourth-order valence-corrected chi connectivity index (χ4v) is 2.91. The molecule has 4 aromatic rings. The number of hydrogen-bond acceptors (Lipinski definition) is 5. The Hall–Kier alpha value is -2.96. The summed E-state index contributed by atoms with van der Waals surface area (Å²) in [5.74, 6) is 1.22. The molecule has 1 aromatic heterocycles. The van der Waals surface area contributed by atoms with Crippen molar-refractivity contribution in [3.63, 3.8) is 0 Å². The average Bonchev–Trinajstić information content (AvgIpc) is 3.15. The van der Waals surface area contributed by atoms with E-state index in [0.29, 0.717) is 10.8 Å². The summed E-state index contributed by atoms with van der Waals surface area (Å²) in [4.78, 5) is 1.36. The van der Waals surface area contributed by atoms with Crippen molar-refractivity contribution in [3.8, 4) is 17.1 Å². The quantitative estimate of drug-likeness (QED) is 0.553. The fourth-order valence-electron chi connectivity index (χ4n) is 2.78. The highest BCUT2D eigenvalue weighted by Crippen LogP contribution is 2.25. The molecule has 3 aromatic carbocycles. The first-order valence-electron chi connectivity index (χ1n) is 8.51. The highest BCUT2D eigenvalue weighted by atomic mass is 35.5. The third-order valence-electron chi connectivity index (χ3n) is 4.11. The molecular weight excluding hydrogens is 364 g/mol. The number of fused-ring (bicyclic) bond motifs is 1. The first-order chi connectivity index (χ1) is 13.2. The van der Waals surface area contributed by atoms with Gasteiger partial charge in [-0.25, -0.2) is 0 Å². The van der Waals surface area contributed by atoms with Crippen LogP contribution in [0.2, 0.25) is 5.02 Å². The van der Waals surface area contributed by atoms with Crippen LogP contribution in [0.4, 0.5) is 0 Å². The molecule has 0 bridgehead atoms. The second-order valence-corrected chi connectivity index (χ2v) is 6.55. The summed E-state index contributed by atoms with van der Waals surface area (Å²) < 4.78 is 5.80. The van der Waals surface area contributed by atoms with Crippen LogP contribution in [0.1, 0.15) is 0 Å². The van der Waals surface area contributed by atoms with Crippen molar-refractivity contribution in [2.45, 2.75) is 12.6 Å². The van der Waals surface area contributed by atoms with E-state index < -0.39 is 6.10 Å². The molecule has 1 atom stereocenters. The Labute approximate surface area is 161 Å². The van der Waals surface area contributed by atoms with E-state index in [2.05, 4.69) is 15.4 Å². The Kier molecular flexibility index (Phi) is 5.00. The van der Waals surface area contributed by atoms with Gasteiger partial charge in [0.1, 0.15) is 18.5 Å². The van der Waals surface area contributed by atoms with Crippen LogP contribution in [-0.4, -0.2) is 38.0 Å². The Balaban J connectivity index is 1.39. The normalized spacial score (nSPS) is 12.2. The summed E-state index contributed by atoms with van der Waals surface area (Å²) >= 11 is 5.89. The zero-order valence-corrected chi connectivity index (χ0v) is 15.1. The van der Waals surface area contributed by atoms with Crippen LogP contribution < -0.4 is 4.74 Å². The van der Waals surface area contributed by atoms with E-state index in [1.807, 2.05) is 54.6 Å². The van der Waals surface area contributed by atoms with Gasteiger partial charge in [-0.2, -0.15) is 4.80 Å².